The number of carboxylic acids is 1. The van der Waals surface area contributed by atoms with Crippen molar-refractivity contribution in [3.63, 3.8) is 0 Å². The van der Waals surface area contributed by atoms with Gasteiger partial charge in [-0.05, 0) is 24.3 Å². The number of nitrogens with one attached hydrogen (secondary N) is 1. The van der Waals surface area contributed by atoms with E-state index in [2.05, 4.69) is 10.5 Å². The summed E-state index contributed by atoms with van der Waals surface area (Å²) in [6.07, 6.45) is -3.24. The molecule has 2 aromatic rings. The molecule has 0 aromatic heterocycles. The van der Waals surface area contributed by atoms with Crippen molar-refractivity contribution < 1.29 is 27.8 Å². The quantitative estimate of drug-likeness (QED) is 0.623. The number of hydrogen-bond acceptors (Lipinski definition) is 4. The molecule has 0 aliphatic rings. The molecule has 0 saturated carbocycles. The number of nitrogens with zero attached hydrogens (tertiary/aromatic N) is 1. The SMILES string of the molecule is O=C(O)COc1ccccc1/C=N\Nc1ccccc1C(F)(F)F. The van der Waals surface area contributed by atoms with E-state index in [4.69, 9.17) is 9.84 Å². The molecule has 0 unspecified atom stereocenters. The summed E-state index contributed by atoms with van der Waals surface area (Å²) < 4.78 is 43.7. The van der Waals surface area contributed by atoms with Crippen LogP contribution < -0.4 is 10.2 Å². The second-order valence-electron chi connectivity index (χ2n) is 4.63. The van der Waals surface area contributed by atoms with Crippen molar-refractivity contribution >= 4 is 17.9 Å². The van der Waals surface area contributed by atoms with Gasteiger partial charge in [0.2, 0.25) is 0 Å². The van der Waals surface area contributed by atoms with E-state index >= 15 is 0 Å². The zero-order chi connectivity index (χ0) is 17.6. The Morgan fingerprint density at radius 2 is 1.83 bits per heavy atom. The lowest BCUT2D eigenvalue weighted by Crippen LogP contribution is -2.10. The van der Waals surface area contributed by atoms with E-state index in [1.165, 1.54) is 30.5 Å². The van der Waals surface area contributed by atoms with Crippen molar-refractivity contribution in [1.29, 1.82) is 0 Å². The zero-order valence-electron chi connectivity index (χ0n) is 12.2. The molecule has 126 valence electrons. The fourth-order valence-corrected chi connectivity index (χ4v) is 1.86. The van der Waals surface area contributed by atoms with Crippen molar-refractivity contribution in [3.05, 3.63) is 59.7 Å². The first-order valence-corrected chi connectivity index (χ1v) is 6.77. The summed E-state index contributed by atoms with van der Waals surface area (Å²) in [5, 5.41) is 12.4. The van der Waals surface area contributed by atoms with Crippen LogP contribution in [0.3, 0.4) is 0 Å². The largest absolute Gasteiger partial charge is 0.481 e. The zero-order valence-corrected chi connectivity index (χ0v) is 12.2. The predicted octanol–water partition coefficient (Wildman–Crippen LogP) is 3.61. The van der Waals surface area contributed by atoms with E-state index in [0.717, 1.165) is 6.07 Å². The summed E-state index contributed by atoms with van der Waals surface area (Å²) in [6, 6.07) is 11.4. The van der Waals surface area contributed by atoms with Crippen molar-refractivity contribution in [2.75, 3.05) is 12.0 Å². The Morgan fingerprint density at radius 3 is 2.54 bits per heavy atom. The van der Waals surface area contributed by atoms with Crippen LogP contribution in [0.1, 0.15) is 11.1 Å². The fourth-order valence-electron chi connectivity index (χ4n) is 1.86. The lowest BCUT2D eigenvalue weighted by atomic mass is 10.2. The lowest BCUT2D eigenvalue weighted by Gasteiger charge is -2.11. The minimum Gasteiger partial charge on any atom is -0.481 e. The van der Waals surface area contributed by atoms with Crippen LogP contribution in [0, 0.1) is 0 Å². The normalized spacial score (nSPS) is 11.5. The highest BCUT2D eigenvalue weighted by Gasteiger charge is 2.33. The molecule has 0 atom stereocenters. The highest BCUT2D eigenvalue weighted by Crippen LogP contribution is 2.34. The molecule has 0 saturated heterocycles. The third kappa shape index (κ3) is 4.73. The molecule has 2 aromatic carbocycles. The predicted molar refractivity (Wildman–Crippen MR) is 82.2 cm³/mol. The lowest BCUT2D eigenvalue weighted by molar-refractivity contribution is -0.139. The molecule has 0 aliphatic carbocycles. The van der Waals surface area contributed by atoms with Crippen LogP contribution in [0.2, 0.25) is 0 Å². The molecule has 0 radical (unpaired) electrons. The van der Waals surface area contributed by atoms with Gasteiger partial charge in [-0.1, -0.05) is 24.3 Å². The number of aliphatic carboxylic acids is 1. The van der Waals surface area contributed by atoms with Crippen LogP contribution in [0.4, 0.5) is 18.9 Å². The number of ether oxygens (including phenoxy) is 1. The number of halogens is 3. The Labute approximate surface area is 135 Å². The molecule has 0 heterocycles. The Kier molecular flexibility index (Phi) is 5.41. The molecular weight excluding hydrogens is 325 g/mol. The van der Waals surface area contributed by atoms with Gasteiger partial charge in [0.1, 0.15) is 5.75 Å². The topological polar surface area (TPSA) is 70.9 Å². The van der Waals surface area contributed by atoms with Crippen LogP contribution in [-0.4, -0.2) is 23.9 Å². The Morgan fingerprint density at radius 1 is 1.17 bits per heavy atom. The van der Waals surface area contributed by atoms with Gasteiger partial charge in [-0.3, -0.25) is 5.43 Å². The number of hydrazone groups is 1. The molecule has 5 nitrogen and oxygen atoms in total. The number of alkyl halides is 3. The monoisotopic (exact) mass is 338 g/mol. The Bertz CT molecular complexity index is 745. The number of para-hydroxylation sites is 2. The van der Waals surface area contributed by atoms with E-state index in [0.29, 0.717) is 5.56 Å². The first-order valence-electron chi connectivity index (χ1n) is 6.77. The van der Waals surface area contributed by atoms with Gasteiger partial charge in [-0.25, -0.2) is 4.79 Å². The number of carboxylic acid groups (broad SMARTS) is 1. The molecule has 8 heteroatoms. The van der Waals surface area contributed by atoms with Crippen LogP contribution in [0.5, 0.6) is 5.75 Å². The van der Waals surface area contributed by atoms with E-state index in [9.17, 15) is 18.0 Å². The van der Waals surface area contributed by atoms with E-state index in [1.807, 2.05) is 0 Å². The third-order valence-electron chi connectivity index (χ3n) is 2.89. The highest BCUT2D eigenvalue weighted by molar-refractivity contribution is 5.84. The van der Waals surface area contributed by atoms with Gasteiger partial charge in [0, 0.05) is 5.56 Å². The summed E-state index contributed by atoms with van der Waals surface area (Å²) >= 11 is 0. The molecule has 0 amide bonds. The highest BCUT2D eigenvalue weighted by atomic mass is 19.4. The number of carbonyl (C=O) groups is 1. The van der Waals surface area contributed by atoms with Gasteiger partial charge in [0.05, 0.1) is 17.5 Å². The van der Waals surface area contributed by atoms with Crippen molar-refractivity contribution in [1.82, 2.24) is 0 Å². The number of anilines is 1. The van der Waals surface area contributed by atoms with E-state index in [-0.39, 0.29) is 11.4 Å². The first kappa shape index (κ1) is 17.3. The maximum absolute atomic E-state index is 12.9. The number of benzene rings is 2. The summed E-state index contributed by atoms with van der Waals surface area (Å²) in [5.74, 6) is -0.881. The van der Waals surface area contributed by atoms with Crippen LogP contribution in [0.15, 0.2) is 53.6 Å². The Hall–Kier alpha value is -3.03. The van der Waals surface area contributed by atoms with Gasteiger partial charge in [-0.15, -0.1) is 0 Å². The fraction of sp³-hybridized carbons (Fsp3) is 0.125. The van der Waals surface area contributed by atoms with Crippen LogP contribution in [-0.2, 0) is 11.0 Å². The molecule has 0 bridgehead atoms. The van der Waals surface area contributed by atoms with E-state index < -0.39 is 24.3 Å². The summed E-state index contributed by atoms with van der Waals surface area (Å²) in [4.78, 5) is 10.5. The van der Waals surface area contributed by atoms with Crippen molar-refractivity contribution in [3.8, 4) is 5.75 Å². The number of hydrogen-bond donors (Lipinski definition) is 2. The minimum absolute atomic E-state index is 0.190. The average Bonchev–Trinajstić information content (AvgIpc) is 2.53. The maximum Gasteiger partial charge on any atom is 0.418 e. The van der Waals surface area contributed by atoms with Gasteiger partial charge < -0.3 is 9.84 Å². The molecule has 0 spiro atoms. The molecule has 2 N–H and O–H groups in total. The van der Waals surface area contributed by atoms with Crippen molar-refractivity contribution in [2.24, 2.45) is 5.10 Å². The van der Waals surface area contributed by atoms with E-state index in [1.54, 1.807) is 18.2 Å². The standard InChI is InChI=1S/C16H13F3N2O3/c17-16(18,19)12-6-2-3-7-13(12)21-20-9-11-5-1-4-8-14(11)24-10-15(22)23/h1-9,21H,10H2,(H,22,23)/b20-9-. The van der Waals surface area contributed by atoms with Gasteiger partial charge >= 0.3 is 12.1 Å². The molecule has 0 fully saturated rings. The van der Waals surface area contributed by atoms with Crippen molar-refractivity contribution in [2.45, 2.75) is 6.18 Å². The van der Waals surface area contributed by atoms with Gasteiger partial charge in [0.15, 0.2) is 6.61 Å². The van der Waals surface area contributed by atoms with Crippen LogP contribution in [0.25, 0.3) is 0 Å². The third-order valence-corrected chi connectivity index (χ3v) is 2.89. The number of rotatable bonds is 6. The first-order chi connectivity index (χ1) is 11.4. The minimum atomic E-state index is -4.50. The van der Waals surface area contributed by atoms with Gasteiger partial charge in [0.25, 0.3) is 0 Å². The van der Waals surface area contributed by atoms with Crippen LogP contribution >= 0.6 is 0 Å². The smallest absolute Gasteiger partial charge is 0.418 e. The molecule has 24 heavy (non-hydrogen) atoms. The maximum atomic E-state index is 12.9. The summed E-state index contributed by atoms with van der Waals surface area (Å²) in [7, 11) is 0. The second kappa shape index (κ2) is 7.49. The molecule has 0 aliphatic heterocycles. The van der Waals surface area contributed by atoms with Gasteiger partial charge in [-0.2, -0.15) is 18.3 Å². The summed E-state index contributed by atoms with van der Waals surface area (Å²) in [6.45, 7) is -0.533. The Balaban J connectivity index is 2.15. The molecule has 2 rings (SSSR count). The second-order valence-corrected chi connectivity index (χ2v) is 4.63. The molecular formula is C16H13F3N2O3. The summed E-state index contributed by atoms with van der Waals surface area (Å²) in [5.41, 5.74) is 1.74. The average molecular weight is 338 g/mol.